The van der Waals surface area contributed by atoms with Crippen molar-refractivity contribution < 1.29 is 27.8 Å². The molecule has 0 heterocycles. The average molecular weight is 445 g/mol. The zero-order chi connectivity index (χ0) is 22.3. The number of rotatable bonds is 9. The van der Waals surface area contributed by atoms with Crippen molar-refractivity contribution >= 4 is 23.3 Å². The molecule has 164 valence electrons. The van der Waals surface area contributed by atoms with E-state index in [-0.39, 0.29) is 23.8 Å². The molecule has 2 rings (SSSR count). The highest BCUT2D eigenvalue weighted by molar-refractivity contribution is 6.30. The Labute approximate surface area is 178 Å². The van der Waals surface area contributed by atoms with E-state index in [0.717, 1.165) is 13.2 Å². The van der Waals surface area contributed by atoms with Crippen LogP contribution in [-0.4, -0.2) is 37.3 Å². The molecule has 2 aromatic rings. The molecule has 3 N–H and O–H groups in total. The van der Waals surface area contributed by atoms with Gasteiger partial charge in [-0.3, -0.25) is 4.79 Å². The van der Waals surface area contributed by atoms with Crippen molar-refractivity contribution in [3.63, 3.8) is 0 Å². The number of halogens is 4. The van der Waals surface area contributed by atoms with E-state index in [9.17, 15) is 23.1 Å². The van der Waals surface area contributed by atoms with Crippen LogP contribution in [0.3, 0.4) is 0 Å². The number of anilines is 1. The standard InChI is InChI=1S/C21H24ClF3N2O3/c1-13(26-12-19(28)15-4-3-5-16(22)8-15)11-27-17-7-6-14(9-20(29)30-2)18(10-17)21(23,24)25/h3-8,10,13,19,26-28H,9,11-12H2,1-2H3/t13-,19+/m1/s1. The highest BCUT2D eigenvalue weighted by Crippen LogP contribution is 2.34. The van der Waals surface area contributed by atoms with E-state index in [1.807, 2.05) is 6.92 Å². The number of carbonyl (C=O) groups is 1. The maximum absolute atomic E-state index is 13.4. The summed E-state index contributed by atoms with van der Waals surface area (Å²) in [7, 11) is 1.13. The Morgan fingerprint density at radius 2 is 1.93 bits per heavy atom. The fourth-order valence-corrected chi connectivity index (χ4v) is 3.02. The van der Waals surface area contributed by atoms with E-state index in [2.05, 4.69) is 15.4 Å². The number of esters is 1. The Morgan fingerprint density at radius 1 is 1.20 bits per heavy atom. The summed E-state index contributed by atoms with van der Waals surface area (Å²) in [5, 5.41) is 16.8. The highest BCUT2D eigenvalue weighted by Gasteiger charge is 2.34. The topological polar surface area (TPSA) is 70.6 Å². The van der Waals surface area contributed by atoms with Gasteiger partial charge in [-0.1, -0.05) is 29.8 Å². The Morgan fingerprint density at radius 3 is 2.57 bits per heavy atom. The number of methoxy groups -OCH3 is 1. The Hall–Kier alpha value is -2.29. The van der Waals surface area contributed by atoms with Gasteiger partial charge in [-0.05, 0) is 42.3 Å². The van der Waals surface area contributed by atoms with Gasteiger partial charge in [0.15, 0.2) is 0 Å². The molecule has 0 aromatic heterocycles. The molecule has 5 nitrogen and oxygen atoms in total. The number of aliphatic hydroxyl groups is 1. The first-order valence-corrected chi connectivity index (χ1v) is 9.65. The predicted octanol–water partition coefficient (Wildman–Crippen LogP) is 4.20. The van der Waals surface area contributed by atoms with Crippen molar-refractivity contribution in [2.45, 2.75) is 31.7 Å². The molecule has 0 aliphatic rings. The van der Waals surface area contributed by atoms with Crippen molar-refractivity contribution in [1.29, 1.82) is 0 Å². The van der Waals surface area contributed by atoms with Crippen molar-refractivity contribution in [2.24, 2.45) is 0 Å². The molecule has 0 fully saturated rings. The summed E-state index contributed by atoms with van der Waals surface area (Å²) >= 11 is 5.91. The van der Waals surface area contributed by atoms with Gasteiger partial charge in [-0.25, -0.2) is 0 Å². The maximum Gasteiger partial charge on any atom is 0.416 e. The normalized spacial score (nSPS) is 13.6. The van der Waals surface area contributed by atoms with Crippen LogP contribution in [-0.2, 0) is 22.1 Å². The van der Waals surface area contributed by atoms with Gasteiger partial charge >= 0.3 is 12.1 Å². The molecule has 0 aliphatic heterocycles. The van der Waals surface area contributed by atoms with Crippen molar-refractivity contribution in [2.75, 3.05) is 25.5 Å². The van der Waals surface area contributed by atoms with E-state index in [1.54, 1.807) is 24.3 Å². The molecule has 0 unspecified atom stereocenters. The molecular formula is C21H24ClF3N2O3. The lowest BCUT2D eigenvalue weighted by molar-refractivity contribution is -0.141. The number of benzene rings is 2. The largest absolute Gasteiger partial charge is 0.469 e. The van der Waals surface area contributed by atoms with Gasteiger partial charge in [0.05, 0.1) is 25.2 Å². The molecule has 0 bridgehead atoms. The van der Waals surface area contributed by atoms with Gasteiger partial charge in [0.2, 0.25) is 0 Å². The summed E-state index contributed by atoms with van der Waals surface area (Å²) in [6, 6.07) is 10.5. The van der Waals surface area contributed by atoms with Crippen molar-refractivity contribution in [3.8, 4) is 0 Å². The lowest BCUT2D eigenvalue weighted by atomic mass is 10.0. The van der Waals surface area contributed by atoms with Crippen LogP contribution in [0, 0.1) is 0 Å². The van der Waals surface area contributed by atoms with E-state index < -0.39 is 30.2 Å². The summed E-state index contributed by atoms with van der Waals surface area (Å²) in [6.07, 6.45) is -5.81. The van der Waals surface area contributed by atoms with Crippen LogP contribution in [0.4, 0.5) is 18.9 Å². The second-order valence-electron chi connectivity index (χ2n) is 6.88. The lowest BCUT2D eigenvalue weighted by Crippen LogP contribution is -2.35. The van der Waals surface area contributed by atoms with Crippen molar-refractivity contribution in [3.05, 3.63) is 64.2 Å². The summed E-state index contributed by atoms with van der Waals surface area (Å²) < 4.78 is 44.5. The molecule has 0 spiro atoms. The third-order valence-electron chi connectivity index (χ3n) is 4.48. The van der Waals surface area contributed by atoms with Gasteiger partial charge in [-0.15, -0.1) is 0 Å². The fourth-order valence-electron chi connectivity index (χ4n) is 2.82. The van der Waals surface area contributed by atoms with Crippen LogP contribution >= 0.6 is 11.6 Å². The summed E-state index contributed by atoms with van der Waals surface area (Å²) in [4.78, 5) is 11.4. The number of hydrogen-bond donors (Lipinski definition) is 3. The summed E-state index contributed by atoms with van der Waals surface area (Å²) in [5.41, 5.74) is -0.0724. The minimum Gasteiger partial charge on any atom is -0.469 e. The number of aliphatic hydroxyl groups excluding tert-OH is 1. The van der Waals surface area contributed by atoms with Gasteiger partial charge in [0.1, 0.15) is 0 Å². The fraction of sp³-hybridized carbons (Fsp3) is 0.381. The van der Waals surface area contributed by atoms with Crippen LogP contribution in [0.2, 0.25) is 5.02 Å². The van der Waals surface area contributed by atoms with E-state index in [4.69, 9.17) is 11.6 Å². The number of carbonyl (C=O) groups excluding carboxylic acids is 1. The third-order valence-corrected chi connectivity index (χ3v) is 4.72. The predicted molar refractivity (Wildman–Crippen MR) is 110 cm³/mol. The van der Waals surface area contributed by atoms with Gasteiger partial charge in [-0.2, -0.15) is 13.2 Å². The average Bonchev–Trinajstić information content (AvgIpc) is 2.70. The minimum absolute atomic E-state index is 0.136. The quantitative estimate of drug-likeness (QED) is 0.506. The Bertz CT molecular complexity index is 862. The molecule has 0 aliphatic carbocycles. The Kier molecular flexibility index (Phi) is 8.52. The van der Waals surface area contributed by atoms with Crippen LogP contribution in [0.1, 0.15) is 29.7 Å². The van der Waals surface area contributed by atoms with Crippen LogP contribution in [0.25, 0.3) is 0 Å². The molecule has 2 atom stereocenters. The SMILES string of the molecule is COC(=O)Cc1ccc(NC[C@@H](C)NC[C@H](O)c2cccc(Cl)c2)cc1C(F)(F)F. The maximum atomic E-state index is 13.4. The third kappa shape index (κ3) is 7.19. The number of ether oxygens (including phenoxy) is 1. The van der Waals surface area contributed by atoms with E-state index in [1.165, 1.54) is 12.1 Å². The Balaban J connectivity index is 1.95. The zero-order valence-electron chi connectivity index (χ0n) is 16.6. The molecule has 0 saturated carbocycles. The molecular weight excluding hydrogens is 421 g/mol. The van der Waals surface area contributed by atoms with Crippen LogP contribution in [0.15, 0.2) is 42.5 Å². The summed E-state index contributed by atoms with van der Waals surface area (Å²) in [5.74, 6) is -0.739. The first-order valence-electron chi connectivity index (χ1n) is 9.28. The first-order chi connectivity index (χ1) is 14.1. The lowest BCUT2D eigenvalue weighted by Gasteiger charge is -2.20. The zero-order valence-corrected chi connectivity index (χ0v) is 17.3. The monoisotopic (exact) mass is 444 g/mol. The number of nitrogens with one attached hydrogen (secondary N) is 2. The molecule has 0 saturated heterocycles. The molecule has 0 amide bonds. The highest BCUT2D eigenvalue weighted by atomic mass is 35.5. The molecule has 30 heavy (non-hydrogen) atoms. The van der Waals surface area contributed by atoms with Gasteiger partial charge in [0.25, 0.3) is 0 Å². The molecule has 0 radical (unpaired) electrons. The first kappa shape index (κ1) is 24.0. The van der Waals surface area contributed by atoms with Crippen LogP contribution in [0.5, 0.6) is 0 Å². The van der Waals surface area contributed by atoms with Crippen LogP contribution < -0.4 is 10.6 Å². The second-order valence-corrected chi connectivity index (χ2v) is 7.32. The van der Waals surface area contributed by atoms with Gasteiger partial charge < -0.3 is 20.5 Å². The van der Waals surface area contributed by atoms with E-state index in [0.29, 0.717) is 17.1 Å². The summed E-state index contributed by atoms with van der Waals surface area (Å²) in [6.45, 7) is 2.43. The van der Waals surface area contributed by atoms with Crippen molar-refractivity contribution in [1.82, 2.24) is 5.32 Å². The number of hydrogen-bond acceptors (Lipinski definition) is 5. The second kappa shape index (κ2) is 10.7. The smallest absolute Gasteiger partial charge is 0.416 e. The van der Waals surface area contributed by atoms with Gasteiger partial charge in [0, 0.05) is 29.8 Å². The van der Waals surface area contributed by atoms with E-state index >= 15 is 0 Å². The molecule has 2 aromatic carbocycles. The molecule has 9 heteroatoms. The minimum atomic E-state index is -4.59. The number of alkyl halides is 3.